The van der Waals surface area contributed by atoms with Crippen molar-refractivity contribution in [3.63, 3.8) is 0 Å². The molecule has 1 heterocycles. The van der Waals surface area contributed by atoms with Gasteiger partial charge < -0.3 is 5.73 Å². The molecule has 0 saturated heterocycles. The number of halogens is 4. The highest BCUT2D eigenvalue weighted by molar-refractivity contribution is 5.85. The lowest BCUT2D eigenvalue weighted by atomic mass is 10.2. The van der Waals surface area contributed by atoms with Gasteiger partial charge in [-0.15, -0.1) is 12.4 Å². The molecule has 0 fully saturated rings. The summed E-state index contributed by atoms with van der Waals surface area (Å²) in [7, 11) is 0. The molecule has 2 N–H and O–H groups in total. The SMILES string of the molecule is C[C@H](N)c1cnc(C(F)(F)F)cn1.Cl. The molecule has 0 aromatic carbocycles. The van der Waals surface area contributed by atoms with Gasteiger partial charge in [-0.25, -0.2) is 4.98 Å². The van der Waals surface area contributed by atoms with Crippen LogP contribution in [-0.2, 0) is 6.18 Å². The standard InChI is InChI=1S/C7H8F3N3.ClH/c1-4(11)5-2-13-6(3-12-5)7(8,9)10;/h2-4H,11H2,1H3;1H/t4-;/m0./s1. The van der Waals surface area contributed by atoms with Crippen molar-refractivity contribution < 1.29 is 13.2 Å². The molecule has 0 bridgehead atoms. The van der Waals surface area contributed by atoms with Crippen molar-refractivity contribution in [2.75, 3.05) is 0 Å². The van der Waals surface area contributed by atoms with Crippen LogP contribution in [0.15, 0.2) is 12.4 Å². The first-order valence-electron chi connectivity index (χ1n) is 3.56. The van der Waals surface area contributed by atoms with Gasteiger partial charge in [0, 0.05) is 6.04 Å². The van der Waals surface area contributed by atoms with E-state index in [0.29, 0.717) is 11.9 Å². The van der Waals surface area contributed by atoms with Crippen molar-refractivity contribution in [3.05, 3.63) is 23.8 Å². The zero-order chi connectivity index (χ0) is 10.1. The van der Waals surface area contributed by atoms with Crippen LogP contribution < -0.4 is 5.73 Å². The zero-order valence-electron chi connectivity index (χ0n) is 7.25. The van der Waals surface area contributed by atoms with E-state index in [4.69, 9.17) is 5.73 Å². The van der Waals surface area contributed by atoms with Gasteiger partial charge in [0.15, 0.2) is 5.69 Å². The summed E-state index contributed by atoms with van der Waals surface area (Å²) in [6, 6.07) is -0.408. The minimum Gasteiger partial charge on any atom is -0.323 e. The molecule has 3 nitrogen and oxygen atoms in total. The molecular formula is C7H9ClF3N3. The van der Waals surface area contributed by atoms with Gasteiger partial charge in [-0.05, 0) is 6.92 Å². The van der Waals surface area contributed by atoms with E-state index in [0.717, 1.165) is 6.20 Å². The highest BCUT2D eigenvalue weighted by Crippen LogP contribution is 2.26. The van der Waals surface area contributed by atoms with Crippen molar-refractivity contribution in [2.45, 2.75) is 19.1 Å². The summed E-state index contributed by atoms with van der Waals surface area (Å²) in [5, 5.41) is 0. The van der Waals surface area contributed by atoms with Crippen LogP contribution >= 0.6 is 12.4 Å². The second-order valence-electron chi connectivity index (χ2n) is 2.61. The lowest BCUT2D eigenvalue weighted by Gasteiger charge is -2.07. The van der Waals surface area contributed by atoms with E-state index in [-0.39, 0.29) is 12.4 Å². The molecule has 0 aliphatic rings. The van der Waals surface area contributed by atoms with Gasteiger partial charge in [-0.1, -0.05) is 0 Å². The van der Waals surface area contributed by atoms with Gasteiger partial charge in [0.2, 0.25) is 0 Å². The molecule has 80 valence electrons. The van der Waals surface area contributed by atoms with Crippen LogP contribution in [0.1, 0.15) is 24.4 Å². The Morgan fingerprint density at radius 2 is 1.86 bits per heavy atom. The Hall–Kier alpha value is -0.880. The smallest absolute Gasteiger partial charge is 0.323 e. The predicted molar refractivity (Wildman–Crippen MR) is 46.9 cm³/mol. The summed E-state index contributed by atoms with van der Waals surface area (Å²) in [6.07, 6.45) is -2.73. The number of nitrogens with two attached hydrogens (primary N) is 1. The summed E-state index contributed by atoms with van der Waals surface area (Å²) >= 11 is 0. The number of hydrogen-bond donors (Lipinski definition) is 1. The van der Waals surface area contributed by atoms with Crippen molar-refractivity contribution in [2.24, 2.45) is 5.73 Å². The number of nitrogens with zero attached hydrogens (tertiary/aromatic N) is 2. The largest absolute Gasteiger partial charge is 0.434 e. The quantitative estimate of drug-likeness (QED) is 0.798. The maximum atomic E-state index is 12.0. The molecule has 1 aromatic heterocycles. The van der Waals surface area contributed by atoms with Crippen LogP contribution in [0.5, 0.6) is 0 Å². The van der Waals surface area contributed by atoms with E-state index in [9.17, 15) is 13.2 Å². The minimum absolute atomic E-state index is 0. The molecule has 1 rings (SSSR count). The van der Waals surface area contributed by atoms with Crippen molar-refractivity contribution in [3.8, 4) is 0 Å². The van der Waals surface area contributed by atoms with Crippen LogP contribution in [-0.4, -0.2) is 9.97 Å². The average molecular weight is 228 g/mol. The monoisotopic (exact) mass is 227 g/mol. The van der Waals surface area contributed by atoms with Crippen molar-refractivity contribution in [1.29, 1.82) is 0 Å². The minimum atomic E-state index is -4.44. The molecule has 0 aliphatic heterocycles. The van der Waals surface area contributed by atoms with E-state index in [1.807, 2.05) is 0 Å². The Morgan fingerprint density at radius 1 is 1.29 bits per heavy atom. The summed E-state index contributed by atoms with van der Waals surface area (Å²) < 4.78 is 36.0. The molecule has 14 heavy (non-hydrogen) atoms. The van der Waals surface area contributed by atoms with Gasteiger partial charge in [0.1, 0.15) is 0 Å². The second kappa shape index (κ2) is 4.56. The van der Waals surface area contributed by atoms with Gasteiger partial charge in [0.05, 0.1) is 18.1 Å². The van der Waals surface area contributed by atoms with Crippen LogP contribution in [0.25, 0.3) is 0 Å². The normalized spacial score (nSPS) is 13.2. The van der Waals surface area contributed by atoms with E-state index in [2.05, 4.69) is 9.97 Å². The molecule has 0 saturated carbocycles. The summed E-state index contributed by atoms with van der Waals surface area (Å²) in [4.78, 5) is 6.74. The third-order valence-electron chi connectivity index (χ3n) is 1.43. The summed E-state index contributed by atoms with van der Waals surface area (Å²) in [5.74, 6) is 0. The third-order valence-corrected chi connectivity index (χ3v) is 1.43. The molecule has 7 heteroatoms. The molecule has 0 radical (unpaired) electrons. The van der Waals surface area contributed by atoms with Crippen molar-refractivity contribution >= 4 is 12.4 Å². The molecule has 1 atom stereocenters. The van der Waals surface area contributed by atoms with Crippen molar-refractivity contribution in [1.82, 2.24) is 9.97 Å². The van der Waals surface area contributed by atoms with Gasteiger partial charge in [-0.3, -0.25) is 4.98 Å². The van der Waals surface area contributed by atoms with E-state index in [1.165, 1.54) is 0 Å². The number of hydrogen-bond acceptors (Lipinski definition) is 3. The third kappa shape index (κ3) is 3.12. The summed E-state index contributed by atoms with van der Waals surface area (Å²) in [5.41, 5.74) is 4.73. The highest BCUT2D eigenvalue weighted by atomic mass is 35.5. The average Bonchev–Trinajstić information content (AvgIpc) is 2.03. The molecule has 0 amide bonds. The number of alkyl halides is 3. The van der Waals surface area contributed by atoms with Crippen LogP contribution in [0.4, 0.5) is 13.2 Å². The van der Waals surface area contributed by atoms with E-state index < -0.39 is 17.9 Å². The summed E-state index contributed by atoms with van der Waals surface area (Å²) in [6.45, 7) is 1.62. The van der Waals surface area contributed by atoms with Gasteiger partial charge >= 0.3 is 6.18 Å². The maximum absolute atomic E-state index is 12.0. The molecule has 0 spiro atoms. The topological polar surface area (TPSA) is 51.8 Å². The molecule has 0 unspecified atom stereocenters. The molecule has 1 aromatic rings. The van der Waals surface area contributed by atoms with Crippen LogP contribution in [0.3, 0.4) is 0 Å². The lowest BCUT2D eigenvalue weighted by Crippen LogP contribution is -2.12. The lowest BCUT2D eigenvalue weighted by molar-refractivity contribution is -0.141. The van der Waals surface area contributed by atoms with E-state index >= 15 is 0 Å². The Balaban J connectivity index is 0.00000169. The van der Waals surface area contributed by atoms with E-state index in [1.54, 1.807) is 6.92 Å². The fourth-order valence-corrected chi connectivity index (χ4v) is 0.720. The van der Waals surface area contributed by atoms with Gasteiger partial charge in [-0.2, -0.15) is 13.2 Å². The Kier molecular flexibility index (Phi) is 4.28. The fraction of sp³-hybridized carbons (Fsp3) is 0.429. The Morgan fingerprint density at radius 3 is 2.14 bits per heavy atom. The van der Waals surface area contributed by atoms with Crippen LogP contribution in [0, 0.1) is 0 Å². The zero-order valence-corrected chi connectivity index (χ0v) is 8.06. The maximum Gasteiger partial charge on any atom is 0.434 e. The number of rotatable bonds is 1. The van der Waals surface area contributed by atoms with Crippen LogP contribution in [0.2, 0.25) is 0 Å². The Bertz CT molecular complexity index is 283. The first-order valence-corrected chi connectivity index (χ1v) is 3.56. The molecule has 0 aliphatic carbocycles. The van der Waals surface area contributed by atoms with Gasteiger partial charge in [0.25, 0.3) is 0 Å². The predicted octanol–water partition coefficient (Wildman–Crippen LogP) is 1.94. The fourth-order valence-electron chi connectivity index (χ4n) is 0.720. The Labute approximate surface area is 85.0 Å². The first-order chi connectivity index (χ1) is 5.91. The highest BCUT2D eigenvalue weighted by Gasteiger charge is 2.32. The molecular weight excluding hydrogens is 219 g/mol. The second-order valence-corrected chi connectivity index (χ2v) is 2.61. The first kappa shape index (κ1) is 13.1. The number of aromatic nitrogens is 2.